The Hall–Kier alpha value is -1.13. The molecule has 0 saturated carbocycles. The van der Waals surface area contributed by atoms with E-state index in [1.54, 1.807) is 0 Å². The van der Waals surface area contributed by atoms with E-state index in [9.17, 15) is 0 Å². The van der Waals surface area contributed by atoms with Gasteiger partial charge in [0.1, 0.15) is 0 Å². The van der Waals surface area contributed by atoms with Crippen LogP contribution in [-0.2, 0) is 6.42 Å². The van der Waals surface area contributed by atoms with Crippen LogP contribution in [0.4, 0.5) is 0 Å². The fourth-order valence-corrected chi connectivity index (χ4v) is 3.29. The second-order valence-electron chi connectivity index (χ2n) is 5.58. The molecule has 19 heavy (non-hydrogen) atoms. The van der Waals surface area contributed by atoms with Gasteiger partial charge in [-0.3, -0.25) is 0 Å². The Kier molecular flexibility index (Phi) is 5.16. The number of rotatable bonds is 5. The molecule has 0 heterocycles. The molecule has 100 valence electrons. The number of aryl methyl sites for hydroxylation is 2. The summed E-state index contributed by atoms with van der Waals surface area (Å²) in [5, 5.41) is 2.94. The van der Waals surface area contributed by atoms with E-state index in [0.29, 0.717) is 0 Å². The first-order valence-electron chi connectivity index (χ1n) is 7.07. The van der Waals surface area contributed by atoms with Gasteiger partial charge in [-0.1, -0.05) is 76.5 Å². The second kappa shape index (κ2) is 6.87. The summed E-state index contributed by atoms with van der Waals surface area (Å²) >= 11 is 0. The van der Waals surface area contributed by atoms with Crippen molar-refractivity contribution in [2.24, 2.45) is 5.92 Å². The van der Waals surface area contributed by atoms with Crippen molar-refractivity contribution < 1.29 is 0 Å². The van der Waals surface area contributed by atoms with Gasteiger partial charge in [-0.15, -0.1) is 0 Å². The summed E-state index contributed by atoms with van der Waals surface area (Å²) in [4.78, 5) is 0. The maximum atomic E-state index is 2.30. The Balaban J connectivity index is 2.13. The van der Waals surface area contributed by atoms with Gasteiger partial charge in [0.2, 0.25) is 0 Å². The molecule has 2 aromatic carbocycles. The molecular weight excluding hydrogens is 247 g/mol. The largest absolute Gasteiger partial charge is 0.0628 e. The van der Waals surface area contributed by atoms with E-state index in [1.807, 2.05) is 0 Å². The highest BCUT2D eigenvalue weighted by Gasteiger charge is 2.04. The molecular formula is C18H23P. The molecule has 2 aromatic rings. The highest BCUT2D eigenvalue weighted by Crippen LogP contribution is 2.16. The number of benzene rings is 2. The first-order chi connectivity index (χ1) is 9.15. The Morgan fingerprint density at radius 2 is 1.63 bits per heavy atom. The molecule has 1 unspecified atom stereocenters. The van der Waals surface area contributed by atoms with E-state index in [-0.39, 0.29) is 0 Å². The zero-order chi connectivity index (χ0) is 13.7. The maximum absolute atomic E-state index is 2.30. The fourth-order valence-electron chi connectivity index (χ4n) is 2.10. The van der Waals surface area contributed by atoms with Crippen LogP contribution < -0.4 is 10.6 Å². The lowest BCUT2D eigenvalue weighted by Gasteiger charge is -2.11. The van der Waals surface area contributed by atoms with Crippen LogP contribution in [-0.4, -0.2) is 0 Å². The van der Waals surface area contributed by atoms with Crippen LogP contribution in [0, 0.1) is 12.8 Å². The minimum absolute atomic E-state index is 0.774. The van der Waals surface area contributed by atoms with Crippen molar-refractivity contribution in [1.29, 1.82) is 0 Å². The van der Waals surface area contributed by atoms with Crippen LogP contribution in [0.25, 0.3) is 0 Å². The Morgan fingerprint density at radius 3 is 2.32 bits per heavy atom. The third-order valence-electron chi connectivity index (χ3n) is 3.34. The minimum Gasteiger partial charge on any atom is -0.0628 e. The Labute approximate surface area is 119 Å². The molecule has 0 bridgehead atoms. The average molecular weight is 270 g/mol. The van der Waals surface area contributed by atoms with Gasteiger partial charge in [-0.25, -0.2) is 0 Å². The van der Waals surface area contributed by atoms with E-state index in [4.69, 9.17) is 0 Å². The van der Waals surface area contributed by atoms with Gasteiger partial charge >= 0.3 is 0 Å². The van der Waals surface area contributed by atoms with Gasteiger partial charge in [-0.2, -0.15) is 0 Å². The number of hydrogen-bond acceptors (Lipinski definition) is 0. The van der Waals surface area contributed by atoms with Gasteiger partial charge < -0.3 is 0 Å². The standard InChI is InChI=1S/C18H23P/c1-14(2)8-11-16-6-4-5-7-18(16)19-17-12-9-15(3)10-13-17/h4-7,9-10,12-14,19H,8,11H2,1-3H3. The monoisotopic (exact) mass is 270 g/mol. The van der Waals surface area contributed by atoms with Crippen molar-refractivity contribution in [3.63, 3.8) is 0 Å². The van der Waals surface area contributed by atoms with Crippen molar-refractivity contribution in [3.05, 3.63) is 59.7 Å². The molecule has 0 N–H and O–H groups in total. The SMILES string of the molecule is Cc1ccc(Pc2ccccc2CCC(C)C)cc1. The molecule has 0 amide bonds. The quantitative estimate of drug-likeness (QED) is 0.714. The highest BCUT2D eigenvalue weighted by molar-refractivity contribution is 7.55. The molecule has 0 radical (unpaired) electrons. The molecule has 2 rings (SSSR count). The maximum Gasteiger partial charge on any atom is -0.0194 e. The highest BCUT2D eigenvalue weighted by atomic mass is 31.1. The van der Waals surface area contributed by atoms with Gasteiger partial charge in [-0.05, 0) is 41.9 Å². The summed E-state index contributed by atoms with van der Waals surface area (Å²) in [5.74, 6) is 0.774. The molecule has 0 aliphatic rings. The zero-order valence-corrected chi connectivity index (χ0v) is 13.1. The Bertz CT molecular complexity index is 511. The molecule has 0 spiro atoms. The van der Waals surface area contributed by atoms with Crippen molar-refractivity contribution >= 4 is 19.2 Å². The van der Waals surface area contributed by atoms with E-state index in [2.05, 4.69) is 69.3 Å². The third kappa shape index (κ3) is 4.48. The normalized spacial score (nSPS) is 11.6. The van der Waals surface area contributed by atoms with E-state index >= 15 is 0 Å². The lowest BCUT2D eigenvalue weighted by atomic mass is 10.0. The van der Waals surface area contributed by atoms with Gasteiger partial charge in [0.25, 0.3) is 0 Å². The summed E-state index contributed by atoms with van der Waals surface area (Å²) < 4.78 is 0. The molecule has 0 aliphatic carbocycles. The number of hydrogen-bond donors (Lipinski definition) is 0. The van der Waals surface area contributed by atoms with Gasteiger partial charge in [0, 0.05) is 0 Å². The van der Waals surface area contributed by atoms with Crippen molar-refractivity contribution in [2.75, 3.05) is 0 Å². The molecule has 0 aromatic heterocycles. The second-order valence-corrected chi connectivity index (χ2v) is 6.95. The van der Waals surface area contributed by atoms with Crippen molar-refractivity contribution in [1.82, 2.24) is 0 Å². The minimum atomic E-state index is 0.774. The molecule has 0 nitrogen and oxygen atoms in total. The predicted molar refractivity (Wildman–Crippen MR) is 88.4 cm³/mol. The molecule has 0 aliphatic heterocycles. The molecule has 1 atom stereocenters. The molecule has 1 heteroatoms. The van der Waals surface area contributed by atoms with Gasteiger partial charge in [0.15, 0.2) is 0 Å². The smallest absolute Gasteiger partial charge is 0.0194 e. The van der Waals surface area contributed by atoms with Crippen molar-refractivity contribution in [2.45, 2.75) is 33.6 Å². The van der Waals surface area contributed by atoms with Crippen LogP contribution in [0.15, 0.2) is 48.5 Å². The van der Waals surface area contributed by atoms with E-state index in [1.165, 1.54) is 34.6 Å². The zero-order valence-electron chi connectivity index (χ0n) is 12.1. The first kappa shape index (κ1) is 14.3. The van der Waals surface area contributed by atoms with Crippen LogP contribution >= 0.6 is 8.58 Å². The van der Waals surface area contributed by atoms with Crippen LogP contribution in [0.2, 0.25) is 0 Å². The van der Waals surface area contributed by atoms with Crippen LogP contribution in [0.1, 0.15) is 31.4 Å². The Morgan fingerprint density at radius 1 is 0.947 bits per heavy atom. The van der Waals surface area contributed by atoms with E-state index < -0.39 is 0 Å². The van der Waals surface area contributed by atoms with Crippen molar-refractivity contribution in [3.8, 4) is 0 Å². The molecule has 0 saturated heterocycles. The summed E-state index contributed by atoms with van der Waals surface area (Å²) in [6.07, 6.45) is 2.47. The molecule has 0 fully saturated rings. The first-order valence-corrected chi connectivity index (χ1v) is 8.07. The summed E-state index contributed by atoms with van der Waals surface area (Å²) in [6.45, 7) is 6.74. The lowest BCUT2D eigenvalue weighted by Crippen LogP contribution is -2.09. The van der Waals surface area contributed by atoms with E-state index in [0.717, 1.165) is 14.5 Å². The summed E-state index contributed by atoms with van der Waals surface area (Å²) in [7, 11) is 0.775. The summed E-state index contributed by atoms with van der Waals surface area (Å²) in [5.41, 5.74) is 2.86. The van der Waals surface area contributed by atoms with Crippen LogP contribution in [0.5, 0.6) is 0 Å². The average Bonchev–Trinajstić information content (AvgIpc) is 2.40. The topological polar surface area (TPSA) is 0 Å². The lowest BCUT2D eigenvalue weighted by molar-refractivity contribution is 0.587. The van der Waals surface area contributed by atoms with Crippen LogP contribution in [0.3, 0.4) is 0 Å². The third-order valence-corrected chi connectivity index (χ3v) is 4.72. The fraction of sp³-hybridized carbons (Fsp3) is 0.333. The summed E-state index contributed by atoms with van der Waals surface area (Å²) in [6, 6.07) is 17.8. The van der Waals surface area contributed by atoms with Gasteiger partial charge in [0.05, 0.1) is 0 Å². The predicted octanol–water partition coefficient (Wildman–Crippen LogP) is 4.21.